The van der Waals surface area contributed by atoms with E-state index in [1.54, 1.807) is 4.68 Å². The van der Waals surface area contributed by atoms with Gasteiger partial charge >= 0.3 is 0 Å². The van der Waals surface area contributed by atoms with Crippen molar-refractivity contribution in [1.29, 1.82) is 0 Å². The van der Waals surface area contributed by atoms with Crippen LogP contribution in [0.4, 0.5) is 5.82 Å². The fourth-order valence-electron chi connectivity index (χ4n) is 4.20. The topological polar surface area (TPSA) is 81.1 Å². The molecule has 1 fully saturated rings. The predicted octanol–water partition coefficient (Wildman–Crippen LogP) is 3.15. The van der Waals surface area contributed by atoms with Crippen LogP contribution in [0.2, 0.25) is 0 Å². The van der Waals surface area contributed by atoms with Crippen LogP contribution in [-0.4, -0.2) is 35.6 Å². The van der Waals surface area contributed by atoms with Crippen LogP contribution in [-0.2, 0) is 14.6 Å². The van der Waals surface area contributed by atoms with Gasteiger partial charge in [0.25, 0.3) is 0 Å². The Hall–Kier alpha value is -2.15. The highest BCUT2D eigenvalue weighted by molar-refractivity contribution is 7.91. The van der Waals surface area contributed by atoms with E-state index in [-0.39, 0.29) is 29.4 Å². The number of nitrogens with one attached hydrogen (secondary N) is 1. The average molecular weight is 388 g/mol. The van der Waals surface area contributed by atoms with Gasteiger partial charge in [-0.25, -0.2) is 13.1 Å². The molecule has 0 spiro atoms. The van der Waals surface area contributed by atoms with Gasteiger partial charge in [0.1, 0.15) is 5.82 Å². The lowest BCUT2D eigenvalue weighted by molar-refractivity contribution is -0.116. The van der Waals surface area contributed by atoms with Gasteiger partial charge in [-0.15, -0.1) is 0 Å². The first-order valence-electron chi connectivity index (χ1n) is 9.44. The molecule has 1 saturated heterocycles. The molecule has 0 aliphatic carbocycles. The molecule has 1 aromatic carbocycles. The molecule has 4 rings (SSSR count). The van der Waals surface area contributed by atoms with Crippen molar-refractivity contribution in [3.8, 4) is 0 Å². The maximum absolute atomic E-state index is 12.4. The lowest BCUT2D eigenvalue weighted by atomic mass is 9.85. The summed E-state index contributed by atoms with van der Waals surface area (Å²) in [4.78, 5) is 12.4. The summed E-state index contributed by atoms with van der Waals surface area (Å²) in [7, 11) is -3.03. The molecule has 7 heteroatoms. The molecule has 0 unspecified atom stereocenters. The summed E-state index contributed by atoms with van der Waals surface area (Å²) in [6, 6.07) is 8.23. The molecule has 27 heavy (non-hydrogen) atoms. The van der Waals surface area contributed by atoms with Crippen LogP contribution in [0.1, 0.15) is 67.0 Å². The number of anilines is 1. The summed E-state index contributed by atoms with van der Waals surface area (Å²) in [5.41, 5.74) is 4.23. The number of sulfone groups is 1. The Morgan fingerprint density at radius 1 is 1.22 bits per heavy atom. The van der Waals surface area contributed by atoms with E-state index in [9.17, 15) is 13.2 Å². The van der Waals surface area contributed by atoms with Crippen LogP contribution in [0.25, 0.3) is 0 Å². The van der Waals surface area contributed by atoms with E-state index in [2.05, 4.69) is 48.5 Å². The number of carbonyl (C=O) groups excluding carboxylic acids is 1. The maximum Gasteiger partial charge on any atom is 0.226 e. The first kappa shape index (κ1) is 18.2. The van der Waals surface area contributed by atoms with Gasteiger partial charge in [0, 0.05) is 17.9 Å². The molecular formula is C20H25N3O3S. The Morgan fingerprint density at radius 3 is 2.52 bits per heavy atom. The second kappa shape index (κ2) is 6.48. The molecule has 2 aliphatic rings. The summed E-state index contributed by atoms with van der Waals surface area (Å²) in [6.45, 7) is 6.25. The molecule has 2 aliphatic heterocycles. The van der Waals surface area contributed by atoms with Gasteiger partial charge in [-0.3, -0.25) is 4.79 Å². The number of amides is 1. The Morgan fingerprint density at radius 2 is 1.93 bits per heavy atom. The van der Waals surface area contributed by atoms with E-state index >= 15 is 0 Å². The van der Waals surface area contributed by atoms with E-state index < -0.39 is 9.84 Å². The van der Waals surface area contributed by atoms with Crippen molar-refractivity contribution in [2.24, 2.45) is 0 Å². The van der Waals surface area contributed by atoms with Gasteiger partial charge in [-0.05, 0) is 30.4 Å². The van der Waals surface area contributed by atoms with Gasteiger partial charge in [0.05, 0.1) is 23.2 Å². The van der Waals surface area contributed by atoms with Gasteiger partial charge in [0.2, 0.25) is 5.91 Å². The highest BCUT2D eigenvalue weighted by atomic mass is 32.2. The number of fused-ring (bicyclic) bond motifs is 1. The Bertz CT molecular complexity index is 990. The smallest absolute Gasteiger partial charge is 0.226 e. The minimum Gasteiger partial charge on any atom is -0.311 e. The minimum atomic E-state index is -3.03. The van der Waals surface area contributed by atoms with E-state index in [0.29, 0.717) is 24.6 Å². The van der Waals surface area contributed by atoms with Crippen LogP contribution >= 0.6 is 0 Å². The first-order chi connectivity index (χ1) is 12.7. The van der Waals surface area contributed by atoms with Crippen molar-refractivity contribution in [2.75, 3.05) is 16.8 Å². The molecular weight excluding hydrogens is 362 g/mol. The number of hydrogen-bond acceptors (Lipinski definition) is 4. The van der Waals surface area contributed by atoms with Gasteiger partial charge in [0.15, 0.2) is 9.84 Å². The minimum absolute atomic E-state index is 0.0533. The largest absolute Gasteiger partial charge is 0.311 e. The number of rotatable bonds is 3. The lowest BCUT2D eigenvalue weighted by Crippen LogP contribution is -2.26. The molecule has 0 saturated carbocycles. The Balaban J connectivity index is 1.75. The molecule has 1 aromatic heterocycles. The normalized spacial score (nSPS) is 24.1. The van der Waals surface area contributed by atoms with Gasteiger partial charge < -0.3 is 5.32 Å². The standard InChI is InChI=1S/C20H25N3O3S/c1-12(2)14-4-6-15(7-5-14)17-10-18(24)21-20-19(17)13(3)22-23(20)16-8-9-27(25,26)11-16/h4-7,12,16-17H,8-11H2,1-3H3,(H,21,24)/t16-,17+/m1/s1. The summed E-state index contributed by atoms with van der Waals surface area (Å²) in [6.07, 6.45) is 0.920. The second-order valence-corrected chi connectivity index (χ2v) is 10.2. The Labute approximate surface area is 159 Å². The third-order valence-electron chi connectivity index (χ3n) is 5.69. The molecule has 1 N–H and O–H groups in total. The van der Waals surface area contributed by atoms with Crippen LogP contribution in [0.5, 0.6) is 0 Å². The first-order valence-corrected chi connectivity index (χ1v) is 11.3. The summed E-state index contributed by atoms with van der Waals surface area (Å²) in [5, 5.41) is 7.58. The maximum atomic E-state index is 12.4. The zero-order chi connectivity index (χ0) is 19.3. The second-order valence-electron chi connectivity index (χ2n) is 7.98. The van der Waals surface area contributed by atoms with Crippen molar-refractivity contribution in [2.45, 2.75) is 51.5 Å². The van der Waals surface area contributed by atoms with Gasteiger partial charge in [-0.1, -0.05) is 38.1 Å². The Kier molecular flexibility index (Phi) is 4.37. The number of hydrogen-bond donors (Lipinski definition) is 1. The molecule has 0 bridgehead atoms. The number of benzene rings is 1. The number of aryl methyl sites for hydroxylation is 1. The molecule has 144 valence electrons. The molecule has 6 nitrogen and oxygen atoms in total. The highest BCUT2D eigenvalue weighted by Gasteiger charge is 2.37. The van der Waals surface area contributed by atoms with E-state index in [0.717, 1.165) is 16.8 Å². The molecule has 2 atom stereocenters. The van der Waals surface area contributed by atoms with Crippen molar-refractivity contribution in [1.82, 2.24) is 9.78 Å². The summed E-state index contributed by atoms with van der Waals surface area (Å²) < 4.78 is 25.5. The van der Waals surface area contributed by atoms with Crippen LogP contribution in [0.15, 0.2) is 24.3 Å². The zero-order valence-corrected chi connectivity index (χ0v) is 16.7. The third kappa shape index (κ3) is 3.29. The molecule has 0 radical (unpaired) electrons. The van der Waals surface area contributed by atoms with Crippen molar-refractivity contribution in [3.05, 3.63) is 46.6 Å². The fraction of sp³-hybridized carbons (Fsp3) is 0.500. The van der Waals surface area contributed by atoms with E-state index in [1.807, 2.05) is 6.92 Å². The SMILES string of the molecule is Cc1nn([C@@H]2CCS(=O)(=O)C2)c2c1[C@H](c1ccc(C(C)C)cc1)CC(=O)N2. The van der Waals surface area contributed by atoms with Crippen molar-refractivity contribution < 1.29 is 13.2 Å². The van der Waals surface area contributed by atoms with Gasteiger partial charge in [-0.2, -0.15) is 5.10 Å². The monoisotopic (exact) mass is 387 g/mol. The number of nitrogens with zero attached hydrogens (tertiary/aromatic N) is 2. The van der Waals surface area contributed by atoms with Crippen LogP contribution in [0.3, 0.4) is 0 Å². The lowest BCUT2D eigenvalue weighted by Gasteiger charge is -2.25. The quantitative estimate of drug-likeness (QED) is 0.877. The van der Waals surface area contributed by atoms with E-state index in [1.165, 1.54) is 5.56 Å². The van der Waals surface area contributed by atoms with Crippen molar-refractivity contribution in [3.63, 3.8) is 0 Å². The molecule has 2 aromatic rings. The summed E-state index contributed by atoms with van der Waals surface area (Å²) in [5.74, 6) is 1.29. The number of aromatic nitrogens is 2. The number of carbonyl (C=O) groups is 1. The highest BCUT2D eigenvalue weighted by Crippen LogP contribution is 2.41. The van der Waals surface area contributed by atoms with Crippen molar-refractivity contribution >= 4 is 21.6 Å². The van der Waals surface area contributed by atoms with Crippen LogP contribution in [0, 0.1) is 6.92 Å². The van der Waals surface area contributed by atoms with E-state index in [4.69, 9.17) is 0 Å². The zero-order valence-electron chi connectivity index (χ0n) is 15.9. The fourth-order valence-corrected chi connectivity index (χ4v) is 5.89. The van der Waals surface area contributed by atoms with Crippen LogP contribution < -0.4 is 5.32 Å². The predicted molar refractivity (Wildman–Crippen MR) is 105 cm³/mol. The average Bonchev–Trinajstić information content (AvgIpc) is 3.13. The molecule has 3 heterocycles. The third-order valence-corrected chi connectivity index (χ3v) is 7.44. The molecule has 1 amide bonds. The summed E-state index contributed by atoms with van der Waals surface area (Å²) >= 11 is 0.